The third-order valence-corrected chi connectivity index (χ3v) is 4.14. The molecule has 0 amide bonds. The average molecular weight is 299 g/mol. The minimum Gasteiger partial charge on any atom is -0.0926 e. The standard InChI is InChI=1S/C10H10IN3/c11-10(7-13-14-12)6-9(10)8-4-2-1-3-5-8/h1-5,9H,6-7H2/t9-,10+/m1/s1. The smallest absolute Gasteiger partial charge is 0.0410 e. The molecular formula is C10H10IN3. The van der Waals surface area contributed by atoms with Gasteiger partial charge in [-0.1, -0.05) is 58.0 Å². The molecule has 2 rings (SSSR count). The Hall–Kier alpha value is -0.740. The lowest BCUT2D eigenvalue weighted by molar-refractivity contribution is 0.886. The van der Waals surface area contributed by atoms with Gasteiger partial charge in [-0.2, -0.15) is 0 Å². The van der Waals surface area contributed by atoms with Crippen molar-refractivity contribution in [1.29, 1.82) is 0 Å². The molecule has 0 unspecified atom stereocenters. The molecule has 0 radical (unpaired) electrons. The number of rotatable bonds is 3. The van der Waals surface area contributed by atoms with Crippen molar-refractivity contribution in [3.05, 3.63) is 46.3 Å². The van der Waals surface area contributed by atoms with E-state index in [4.69, 9.17) is 5.53 Å². The fourth-order valence-corrected chi connectivity index (χ4v) is 2.66. The zero-order valence-corrected chi connectivity index (χ0v) is 9.76. The molecule has 3 nitrogen and oxygen atoms in total. The van der Waals surface area contributed by atoms with Crippen LogP contribution in [-0.4, -0.2) is 9.97 Å². The maximum Gasteiger partial charge on any atom is 0.0410 e. The van der Waals surface area contributed by atoms with Crippen LogP contribution in [0.5, 0.6) is 0 Å². The molecule has 0 aliphatic heterocycles. The monoisotopic (exact) mass is 299 g/mol. The van der Waals surface area contributed by atoms with Crippen LogP contribution in [-0.2, 0) is 0 Å². The minimum atomic E-state index is 0.172. The van der Waals surface area contributed by atoms with Crippen LogP contribution in [0.25, 0.3) is 10.4 Å². The molecule has 0 aromatic heterocycles. The number of benzene rings is 1. The molecule has 0 N–H and O–H groups in total. The van der Waals surface area contributed by atoms with Gasteiger partial charge in [0.15, 0.2) is 0 Å². The third-order valence-electron chi connectivity index (χ3n) is 2.61. The first-order valence-corrected chi connectivity index (χ1v) is 5.59. The van der Waals surface area contributed by atoms with E-state index in [1.54, 1.807) is 0 Å². The van der Waals surface area contributed by atoms with E-state index in [1.165, 1.54) is 5.56 Å². The van der Waals surface area contributed by atoms with Gasteiger partial charge in [-0.15, -0.1) is 0 Å². The van der Waals surface area contributed by atoms with Crippen molar-refractivity contribution in [1.82, 2.24) is 0 Å². The summed E-state index contributed by atoms with van der Waals surface area (Å²) in [6, 6.07) is 10.4. The molecule has 0 bridgehead atoms. The third kappa shape index (κ3) is 1.86. The van der Waals surface area contributed by atoms with Crippen LogP contribution in [0.15, 0.2) is 35.4 Å². The molecule has 72 valence electrons. The molecule has 1 aliphatic carbocycles. The maximum absolute atomic E-state index is 8.27. The fourth-order valence-electron chi connectivity index (χ4n) is 1.71. The van der Waals surface area contributed by atoms with Crippen molar-refractivity contribution in [3.63, 3.8) is 0 Å². The Bertz CT molecular complexity index is 372. The molecule has 1 fully saturated rings. The van der Waals surface area contributed by atoms with Crippen LogP contribution < -0.4 is 0 Å². The van der Waals surface area contributed by atoms with E-state index in [0.717, 1.165) is 6.42 Å². The first-order valence-electron chi connectivity index (χ1n) is 4.51. The Morgan fingerprint density at radius 1 is 1.50 bits per heavy atom. The Morgan fingerprint density at radius 3 is 2.86 bits per heavy atom. The van der Waals surface area contributed by atoms with Gasteiger partial charge in [-0.3, -0.25) is 0 Å². The first-order chi connectivity index (χ1) is 6.76. The summed E-state index contributed by atoms with van der Waals surface area (Å²) in [7, 11) is 0. The van der Waals surface area contributed by atoms with Crippen molar-refractivity contribution in [2.75, 3.05) is 6.54 Å². The molecule has 1 aromatic rings. The minimum absolute atomic E-state index is 0.172. The number of azide groups is 1. The van der Waals surface area contributed by atoms with Crippen LogP contribution >= 0.6 is 22.6 Å². The predicted octanol–water partition coefficient (Wildman–Crippen LogP) is 3.66. The Kier molecular flexibility index (Phi) is 2.65. The number of alkyl halides is 1. The molecule has 1 aromatic carbocycles. The van der Waals surface area contributed by atoms with E-state index in [9.17, 15) is 0 Å². The Labute approximate surface area is 96.3 Å². The second-order valence-corrected chi connectivity index (χ2v) is 5.74. The predicted molar refractivity (Wildman–Crippen MR) is 64.6 cm³/mol. The highest BCUT2D eigenvalue weighted by atomic mass is 127. The second-order valence-electron chi connectivity index (χ2n) is 3.59. The molecule has 14 heavy (non-hydrogen) atoms. The normalized spacial score (nSPS) is 29.4. The van der Waals surface area contributed by atoms with Crippen molar-refractivity contribution < 1.29 is 0 Å². The highest BCUT2D eigenvalue weighted by Gasteiger charge is 2.51. The SMILES string of the molecule is [N-]=[N+]=NC[C@@]1(I)C[C@@H]1c1ccccc1. The average Bonchev–Trinajstić information content (AvgIpc) is 2.90. The van der Waals surface area contributed by atoms with E-state index in [2.05, 4.69) is 56.9 Å². The van der Waals surface area contributed by atoms with Crippen LogP contribution in [0.1, 0.15) is 17.9 Å². The van der Waals surface area contributed by atoms with Crippen LogP contribution in [0.4, 0.5) is 0 Å². The number of halogens is 1. The van der Waals surface area contributed by atoms with Crippen molar-refractivity contribution >= 4 is 22.6 Å². The van der Waals surface area contributed by atoms with Gasteiger partial charge in [-0.25, -0.2) is 0 Å². The van der Waals surface area contributed by atoms with E-state index < -0.39 is 0 Å². The summed E-state index contributed by atoms with van der Waals surface area (Å²) in [6.45, 7) is 0.601. The molecule has 0 heterocycles. The van der Waals surface area contributed by atoms with E-state index >= 15 is 0 Å². The molecule has 0 spiro atoms. The molecule has 0 saturated heterocycles. The zero-order chi connectivity index (χ0) is 10.0. The van der Waals surface area contributed by atoms with Gasteiger partial charge in [-0.05, 0) is 23.4 Å². The molecule has 1 aliphatic rings. The topological polar surface area (TPSA) is 48.8 Å². The second kappa shape index (κ2) is 3.79. The van der Waals surface area contributed by atoms with Crippen LogP contribution in [0.2, 0.25) is 0 Å². The summed E-state index contributed by atoms with van der Waals surface area (Å²) in [4.78, 5) is 2.81. The summed E-state index contributed by atoms with van der Waals surface area (Å²) in [5.41, 5.74) is 9.63. The van der Waals surface area contributed by atoms with Gasteiger partial charge in [0.25, 0.3) is 0 Å². The summed E-state index contributed by atoms with van der Waals surface area (Å²) in [6.07, 6.45) is 1.12. The lowest BCUT2D eigenvalue weighted by atomic mass is 10.1. The van der Waals surface area contributed by atoms with Crippen molar-refractivity contribution in [2.45, 2.75) is 15.8 Å². The Balaban J connectivity index is 2.08. The quantitative estimate of drug-likeness (QED) is 0.269. The summed E-state index contributed by atoms with van der Waals surface area (Å²) >= 11 is 2.41. The van der Waals surface area contributed by atoms with E-state index in [0.29, 0.717) is 12.5 Å². The van der Waals surface area contributed by atoms with Crippen LogP contribution in [0, 0.1) is 0 Å². The van der Waals surface area contributed by atoms with Gasteiger partial charge in [0.1, 0.15) is 0 Å². The highest BCUT2D eigenvalue weighted by molar-refractivity contribution is 14.1. The largest absolute Gasteiger partial charge is 0.0926 e. The number of nitrogens with zero attached hydrogens (tertiary/aromatic N) is 3. The number of hydrogen-bond acceptors (Lipinski definition) is 1. The van der Waals surface area contributed by atoms with Gasteiger partial charge >= 0.3 is 0 Å². The van der Waals surface area contributed by atoms with Crippen molar-refractivity contribution in [2.24, 2.45) is 5.11 Å². The molecule has 2 atom stereocenters. The van der Waals surface area contributed by atoms with Gasteiger partial charge in [0, 0.05) is 14.9 Å². The fraction of sp³-hybridized carbons (Fsp3) is 0.400. The van der Waals surface area contributed by atoms with Gasteiger partial charge in [0.05, 0.1) is 0 Å². The summed E-state index contributed by atoms with van der Waals surface area (Å²) < 4.78 is 0.172. The van der Waals surface area contributed by atoms with E-state index in [1.807, 2.05) is 6.07 Å². The maximum atomic E-state index is 8.27. The summed E-state index contributed by atoms with van der Waals surface area (Å²) in [5, 5.41) is 3.65. The molecule has 4 heteroatoms. The van der Waals surface area contributed by atoms with E-state index in [-0.39, 0.29) is 3.42 Å². The Morgan fingerprint density at radius 2 is 2.21 bits per heavy atom. The van der Waals surface area contributed by atoms with Crippen LogP contribution in [0.3, 0.4) is 0 Å². The highest BCUT2D eigenvalue weighted by Crippen LogP contribution is 2.58. The summed E-state index contributed by atoms with van der Waals surface area (Å²) in [5.74, 6) is 0.565. The zero-order valence-electron chi connectivity index (χ0n) is 7.60. The lowest BCUT2D eigenvalue weighted by Gasteiger charge is -2.04. The van der Waals surface area contributed by atoms with Crippen molar-refractivity contribution in [3.8, 4) is 0 Å². The molecule has 1 saturated carbocycles. The van der Waals surface area contributed by atoms with Gasteiger partial charge in [0.2, 0.25) is 0 Å². The lowest BCUT2D eigenvalue weighted by Crippen LogP contribution is -2.04. The first kappa shape index (κ1) is 9.80. The van der Waals surface area contributed by atoms with Gasteiger partial charge < -0.3 is 0 Å². The number of hydrogen-bond donors (Lipinski definition) is 0. The molecular weight excluding hydrogens is 289 g/mol.